The lowest BCUT2D eigenvalue weighted by atomic mass is 10.1. The van der Waals surface area contributed by atoms with E-state index in [9.17, 15) is 9.90 Å². The van der Waals surface area contributed by atoms with Gasteiger partial charge in [0.1, 0.15) is 0 Å². The average Bonchev–Trinajstić information content (AvgIpc) is 2.23. The van der Waals surface area contributed by atoms with E-state index < -0.39 is 6.10 Å². The zero-order valence-electron chi connectivity index (χ0n) is 8.82. The van der Waals surface area contributed by atoms with Crippen LogP contribution in [0.15, 0.2) is 18.2 Å². The fourth-order valence-corrected chi connectivity index (χ4v) is 1.71. The lowest BCUT2D eigenvalue weighted by Gasteiger charge is -2.12. The van der Waals surface area contributed by atoms with Gasteiger partial charge in [0.15, 0.2) is 0 Å². The Labute approximate surface area is 115 Å². The summed E-state index contributed by atoms with van der Waals surface area (Å²) in [7, 11) is 0. The van der Waals surface area contributed by atoms with Crippen molar-refractivity contribution in [2.45, 2.75) is 6.10 Å². The number of hydrogen-bond acceptors (Lipinski definition) is 3. The first-order chi connectivity index (χ1) is 7.52. The molecule has 0 aliphatic carbocycles. The first-order valence-corrected chi connectivity index (χ1v) is 5.39. The molecule has 0 radical (unpaired) electrons. The van der Waals surface area contributed by atoms with Gasteiger partial charge in [-0.2, -0.15) is 0 Å². The number of aliphatic hydroxyl groups excluding tert-OH is 1. The number of carbonyl (C=O) groups excluding carboxylic acids is 1. The summed E-state index contributed by atoms with van der Waals surface area (Å²) in [5.74, 6) is -0.327. The van der Waals surface area contributed by atoms with Crippen LogP contribution in [-0.2, 0) is 4.79 Å². The third-order valence-corrected chi connectivity index (χ3v) is 2.38. The molecule has 4 nitrogen and oxygen atoms in total. The van der Waals surface area contributed by atoms with Crippen LogP contribution in [0.1, 0.15) is 11.7 Å². The molecule has 1 aromatic carbocycles. The van der Waals surface area contributed by atoms with Gasteiger partial charge in [-0.05, 0) is 23.8 Å². The number of halogens is 3. The maximum atomic E-state index is 10.9. The van der Waals surface area contributed by atoms with Crippen LogP contribution in [0.4, 0.5) is 0 Å². The number of hydrogen-bond donors (Lipinski definition) is 3. The van der Waals surface area contributed by atoms with Crippen molar-refractivity contribution in [1.82, 2.24) is 5.32 Å². The number of nitrogens with one attached hydrogen (secondary N) is 1. The largest absolute Gasteiger partial charge is 0.387 e. The molecule has 0 fully saturated rings. The van der Waals surface area contributed by atoms with Crippen molar-refractivity contribution in [2.75, 3.05) is 13.1 Å². The molecule has 17 heavy (non-hydrogen) atoms. The normalized spacial score (nSPS) is 11.5. The van der Waals surface area contributed by atoms with E-state index in [2.05, 4.69) is 5.32 Å². The van der Waals surface area contributed by atoms with Gasteiger partial charge >= 0.3 is 0 Å². The van der Waals surface area contributed by atoms with Crippen LogP contribution in [0, 0.1) is 0 Å². The average molecular weight is 300 g/mol. The van der Waals surface area contributed by atoms with E-state index in [-0.39, 0.29) is 31.4 Å². The van der Waals surface area contributed by atoms with E-state index >= 15 is 0 Å². The Kier molecular flexibility index (Phi) is 7.50. The molecule has 0 aliphatic heterocycles. The number of nitrogens with two attached hydrogens (primary N) is 1. The Morgan fingerprint density at radius 3 is 2.35 bits per heavy atom. The second-order valence-corrected chi connectivity index (χ2v) is 4.10. The number of carbonyl (C=O) groups is 1. The predicted octanol–water partition coefficient (Wildman–Crippen LogP) is 1.52. The summed E-state index contributed by atoms with van der Waals surface area (Å²) in [6.07, 6.45) is -0.855. The Hall–Kier alpha value is -0.520. The minimum atomic E-state index is -0.855. The highest BCUT2D eigenvalue weighted by molar-refractivity contribution is 6.34. The maximum Gasteiger partial charge on any atom is 0.233 e. The molecule has 4 N–H and O–H groups in total. The van der Waals surface area contributed by atoms with Crippen LogP contribution < -0.4 is 11.1 Å². The van der Waals surface area contributed by atoms with Gasteiger partial charge in [-0.3, -0.25) is 4.79 Å². The van der Waals surface area contributed by atoms with Gasteiger partial charge in [-0.15, -0.1) is 12.4 Å². The van der Waals surface area contributed by atoms with Crippen molar-refractivity contribution in [3.63, 3.8) is 0 Å². The molecule has 1 atom stereocenters. The number of aliphatic hydroxyl groups is 1. The number of benzene rings is 1. The topological polar surface area (TPSA) is 75.4 Å². The molecule has 1 unspecified atom stereocenters. The Morgan fingerprint density at radius 2 is 1.88 bits per heavy atom. The highest BCUT2D eigenvalue weighted by Gasteiger charge is 2.10. The second kappa shape index (κ2) is 7.74. The van der Waals surface area contributed by atoms with E-state index in [4.69, 9.17) is 28.9 Å². The highest BCUT2D eigenvalue weighted by atomic mass is 35.5. The van der Waals surface area contributed by atoms with E-state index in [0.29, 0.717) is 15.6 Å². The molecule has 0 saturated heterocycles. The summed E-state index contributed by atoms with van der Waals surface area (Å²) >= 11 is 11.6. The third kappa shape index (κ3) is 5.57. The first kappa shape index (κ1) is 16.5. The van der Waals surface area contributed by atoms with Crippen LogP contribution in [0.25, 0.3) is 0 Å². The summed E-state index contributed by atoms with van der Waals surface area (Å²) in [6, 6.07) is 4.75. The van der Waals surface area contributed by atoms with Crippen LogP contribution >= 0.6 is 35.6 Å². The van der Waals surface area contributed by atoms with Crippen molar-refractivity contribution < 1.29 is 9.90 Å². The van der Waals surface area contributed by atoms with Gasteiger partial charge in [-0.1, -0.05) is 23.2 Å². The van der Waals surface area contributed by atoms with Crippen molar-refractivity contribution >= 4 is 41.5 Å². The Morgan fingerprint density at radius 1 is 1.35 bits per heavy atom. The van der Waals surface area contributed by atoms with Crippen LogP contribution in [0.5, 0.6) is 0 Å². The van der Waals surface area contributed by atoms with E-state index in [1.807, 2.05) is 0 Å². The van der Waals surface area contributed by atoms with Crippen molar-refractivity contribution in [3.8, 4) is 0 Å². The fraction of sp³-hybridized carbons (Fsp3) is 0.300. The van der Waals surface area contributed by atoms with Gasteiger partial charge in [0.2, 0.25) is 5.91 Å². The maximum absolute atomic E-state index is 10.9. The summed E-state index contributed by atoms with van der Waals surface area (Å²) in [5.41, 5.74) is 5.66. The molecule has 0 saturated carbocycles. The second-order valence-electron chi connectivity index (χ2n) is 3.23. The number of rotatable bonds is 4. The molecule has 96 valence electrons. The zero-order valence-corrected chi connectivity index (χ0v) is 11.1. The van der Waals surface area contributed by atoms with Gasteiger partial charge in [-0.25, -0.2) is 0 Å². The van der Waals surface area contributed by atoms with Crippen molar-refractivity contribution in [1.29, 1.82) is 0 Å². The van der Waals surface area contributed by atoms with Crippen LogP contribution in [0.2, 0.25) is 10.0 Å². The van der Waals surface area contributed by atoms with Crippen molar-refractivity contribution in [2.24, 2.45) is 5.73 Å². The summed E-state index contributed by atoms with van der Waals surface area (Å²) in [5, 5.41) is 13.1. The SMILES string of the molecule is Cl.NCC(=O)NCC(O)c1cc(Cl)cc(Cl)c1. The molecular formula is C10H13Cl3N2O2. The predicted molar refractivity (Wildman–Crippen MR) is 70.7 cm³/mol. The molecule has 1 amide bonds. The first-order valence-electron chi connectivity index (χ1n) is 4.63. The summed E-state index contributed by atoms with van der Waals surface area (Å²) in [6.45, 7) is -0.0320. The molecule has 0 aromatic heterocycles. The summed E-state index contributed by atoms with van der Waals surface area (Å²) < 4.78 is 0. The zero-order chi connectivity index (χ0) is 12.1. The fourth-order valence-electron chi connectivity index (χ4n) is 1.17. The van der Waals surface area contributed by atoms with Crippen molar-refractivity contribution in [3.05, 3.63) is 33.8 Å². The summed E-state index contributed by atoms with van der Waals surface area (Å²) in [4.78, 5) is 10.9. The molecule has 0 heterocycles. The molecule has 0 aliphatic rings. The quantitative estimate of drug-likeness (QED) is 0.789. The van der Waals surface area contributed by atoms with E-state index in [1.165, 1.54) is 0 Å². The molecular weight excluding hydrogens is 286 g/mol. The minimum Gasteiger partial charge on any atom is -0.387 e. The van der Waals surface area contributed by atoms with E-state index in [1.54, 1.807) is 18.2 Å². The molecule has 1 aromatic rings. The smallest absolute Gasteiger partial charge is 0.233 e. The lowest BCUT2D eigenvalue weighted by Crippen LogP contribution is -2.33. The van der Waals surface area contributed by atoms with Gasteiger partial charge in [0.25, 0.3) is 0 Å². The Balaban J connectivity index is 0.00000256. The number of amides is 1. The molecule has 0 bridgehead atoms. The van der Waals surface area contributed by atoms with Gasteiger partial charge in [0.05, 0.1) is 12.6 Å². The minimum absolute atomic E-state index is 0. The van der Waals surface area contributed by atoms with Gasteiger partial charge < -0.3 is 16.2 Å². The van der Waals surface area contributed by atoms with Gasteiger partial charge in [0, 0.05) is 16.6 Å². The monoisotopic (exact) mass is 298 g/mol. The van der Waals surface area contributed by atoms with E-state index in [0.717, 1.165) is 0 Å². The van der Waals surface area contributed by atoms with Crippen LogP contribution in [0.3, 0.4) is 0 Å². The lowest BCUT2D eigenvalue weighted by molar-refractivity contribution is -0.120. The molecule has 7 heteroatoms. The third-order valence-electron chi connectivity index (χ3n) is 1.95. The Bertz CT molecular complexity index is 368. The molecule has 0 spiro atoms. The van der Waals surface area contributed by atoms with Crippen LogP contribution in [-0.4, -0.2) is 24.1 Å². The molecule has 1 rings (SSSR count). The standard InChI is InChI=1S/C10H12Cl2N2O2.ClH/c11-7-1-6(2-8(12)3-7)9(15)5-14-10(16)4-13;/h1-3,9,15H,4-5,13H2,(H,14,16);1H. The highest BCUT2D eigenvalue weighted by Crippen LogP contribution is 2.23.